The van der Waals surface area contributed by atoms with Gasteiger partial charge >= 0.3 is 0 Å². The monoisotopic (exact) mass is 230 g/mol. The molecular formula is C15H22N2. The topological polar surface area (TPSA) is 24.1 Å². The largest absolute Gasteiger partial charge is 0.314 e. The first-order valence-electron chi connectivity index (χ1n) is 6.95. The molecule has 2 nitrogen and oxygen atoms in total. The van der Waals surface area contributed by atoms with Crippen LogP contribution in [0.5, 0.6) is 0 Å². The second-order valence-electron chi connectivity index (χ2n) is 5.42. The molecule has 1 aromatic carbocycles. The molecule has 0 amide bonds. The Kier molecular flexibility index (Phi) is 3.44. The highest BCUT2D eigenvalue weighted by Gasteiger charge is 2.20. The maximum absolute atomic E-state index is 3.65. The van der Waals surface area contributed by atoms with Gasteiger partial charge in [0.2, 0.25) is 0 Å². The Morgan fingerprint density at radius 3 is 2.82 bits per heavy atom. The summed E-state index contributed by atoms with van der Waals surface area (Å²) in [5, 5.41) is 7.24. The number of fused-ring (bicyclic) bond motifs is 1. The third kappa shape index (κ3) is 3.08. The van der Waals surface area contributed by atoms with Crippen LogP contribution >= 0.6 is 0 Å². The summed E-state index contributed by atoms with van der Waals surface area (Å²) >= 11 is 0. The highest BCUT2D eigenvalue weighted by molar-refractivity contribution is 5.29. The van der Waals surface area contributed by atoms with Crippen molar-refractivity contribution in [3.63, 3.8) is 0 Å². The van der Waals surface area contributed by atoms with Gasteiger partial charge in [-0.05, 0) is 49.8 Å². The predicted molar refractivity (Wildman–Crippen MR) is 71.0 cm³/mol. The summed E-state index contributed by atoms with van der Waals surface area (Å²) in [6.07, 6.45) is 6.61. The maximum atomic E-state index is 3.65. The molecule has 2 heteroatoms. The van der Waals surface area contributed by atoms with Crippen molar-refractivity contribution < 1.29 is 0 Å². The van der Waals surface area contributed by atoms with E-state index in [0.29, 0.717) is 6.04 Å². The van der Waals surface area contributed by atoms with Crippen LogP contribution in [0.25, 0.3) is 0 Å². The lowest BCUT2D eigenvalue weighted by Crippen LogP contribution is -2.36. The van der Waals surface area contributed by atoms with E-state index in [1.54, 1.807) is 5.56 Å². The van der Waals surface area contributed by atoms with E-state index in [4.69, 9.17) is 0 Å². The van der Waals surface area contributed by atoms with Gasteiger partial charge in [0.15, 0.2) is 0 Å². The Hall–Kier alpha value is -0.860. The van der Waals surface area contributed by atoms with E-state index < -0.39 is 0 Å². The molecule has 3 rings (SSSR count). The second kappa shape index (κ2) is 5.19. The minimum atomic E-state index is 0.686. The summed E-state index contributed by atoms with van der Waals surface area (Å²) in [4.78, 5) is 0. The lowest BCUT2D eigenvalue weighted by Gasteiger charge is -2.26. The summed E-state index contributed by atoms with van der Waals surface area (Å²) in [5.41, 5.74) is 3.03. The van der Waals surface area contributed by atoms with E-state index in [1.165, 1.54) is 44.2 Å². The molecule has 1 aliphatic heterocycles. The Bertz CT molecular complexity index is 371. The number of hydrogen-bond acceptors (Lipinski definition) is 2. The smallest absolute Gasteiger partial charge is 0.0210 e. The van der Waals surface area contributed by atoms with Gasteiger partial charge in [-0.25, -0.2) is 0 Å². The van der Waals surface area contributed by atoms with Crippen LogP contribution < -0.4 is 10.6 Å². The van der Waals surface area contributed by atoms with Gasteiger partial charge in [-0.3, -0.25) is 0 Å². The van der Waals surface area contributed by atoms with Crippen LogP contribution in [0.2, 0.25) is 0 Å². The molecule has 0 aromatic heterocycles. The van der Waals surface area contributed by atoms with Crippen molar-refractivity contribution in [1.29, 1.82) is 0 Å². The van der Waals surface area contributed by atoms with Gasteiger partial charge in [0.1, 0.15) is 0 Å². The molecule has 1 aliphatic carbocycles. The number of nitrogens with one attached hydrogen (secondary N) is 2. The molecular weight excluding hydrogens is 208 g/mol. The van der Waals surface area contributed by atoms with Gasteiger partial charge in [0, 0.05) is 18.6 Å². The number of hydrogen-bond donors (Lipinski definition) is 2. The summed E-state index contributed by atoms with van der Waals surface area (Å²) in [7, 11) is 0. The fourth-order valence-corrected chi connectivity index (χ4v) is 2.67. The van der Waals surface area contributed by atoms with Crippen LogP contribution in [0.1, 0.15) is 36.8 Å². The normalized spacial score (nSPS) is 23.4. The zero-order valence-corrected chi connectivity index (χ0v) is 10.4. The van der Waals surface area contributed by atoms with Crippen molar-refractivity contribution in [2.24, 2.45) is 0 Å². The van der Waals surface area contributed by atoms with Crippen molar-refractivity contribution in [3.05, 3.63) is 35.4 Å². The van der Waals surface area contributed by atoms with E-state index in [-0.39, 0.29) is 0 Å². The molecule has 0 spiro atoms. The molecule has 0 radical (unpaired) electrons. The van der Waals surface area contributed by atoms with Crippen LogP contribution in [0, 0.1) is 0 Å². The van der Waals surface area contributed by atoms with Crippen LogP contribution in [-0.2, 0) is 13.0 Å². The number of rotatable bonds is 5. The van der Waals surface area contributed by atoms with Crippen molar-refractivity contribution in [3.8, 4) is 0 Å². The van der Waals surface area contributed by atoms with Crippen LogP contribution in [0.4, 0.5) is 0 Å². The van der Waals surface area contributed by atoms with Crippen LogP contribution in [-0.4, -0.2) is 18.6 Å². The van der Waals surface area contributed by atoms with E-state index in [1.807, 2.05) is 0 Å². The molecule has 1 fully saturated rings. The Morgan fingerprint density at radius 1 is 1.18 bits per heavy atom. The molecule has 0 saturated heterocycles. The van der Waals surface area contributed by atoms with Crippen LogP contribution in [0.15, 0.2) is 24.3 Å². The minimum absolute atomic E-state index is 0.686. The van der Waals surface area contributed by atoms with Gasteiger partial charge < -0.3 is 10.6 Å². The van der Waals surface area contributed by atoms with Gasteiger partial charge in [-0.2, -0.15) is 0 Å². The maximum Gasteiger partial charge on any atom is 0.0210 e. The number of benzene rings is 1. The average Bonchev–Trinajstić information content (AvgIpc) is 3.18. The van der Waals surface area contributed by atoms with Gasteiger partial charge in [0.05, 0.1) is 0 Å². The predicted octanol–water partition coefficient (Wildman–Crippen LogP) is 2.23. The lowest BCUT2D eigenvalue weighted by molar-refractivity contribution is 0.434. The molecule has 1 unspecified atom stereocenters. The van der Waals surface area contributed by atoms with E-state index in [2.05, 4.69) is 34.9 Å². The Labute approximate surface area is 104 Å². The lowest BCUT2D eigenvalue weighted by atomic mass is 9.93. The zero-order chi connectivity index (χ0) is 11.5. The summed E-state index contributed by atoms with van der Waals surface area (Å²) < 4.78 is 0. The molecule has 2 aliphatic rings. The molecule has 1 aromatic rings. The Morgan fingerprint density at radius 2 is 2.00 bits per heavy atom. The molecule has 0 bridgehead atoms. The van der Waals surface area contributed by atoms with Gasteiger partial charge in [-0.15, -0.1) is 0 Å². The summed E-state index contributed by atoms with van der Waals surface area (Å²) in [6, 6.07) is 10.4. The molecule has 1 atom stereocenters. The zero-order valence-electron chi connectivity index (χ0n) is 10.4. The Balaban J connectivity index is 1.43. The van der Waals surface area contributed by atoms with Gasteiger partial charge in [-0.1, -0.05) is 24.3 Å². The van der Waals surface area contributed by atoms with Gasteiger partial charge in [0.25, 0.3) is 0 Å². The van der Waals surface area contributed by atoms with E-state index in [9.17, 15) is 0 Å². The average molecular weight is 230 g/mol. The minimum Gasteiger partial charge on any atom is -0.314 e. The standard InChI is InChI=1S/C15H22N2/c1-2-5-13-11-17-15(10-12(13)4-1)6-3-9-16-14-7-8-14/h1-2,4-5,14-17H,3,6-11H2. The quantitative estimate of drug-likeness (QED) is 0.758. The highest BCUT2D eigenvalue weighted by Crippen LogP contribution is 2.20. The fraction of sp³-hybridized carbons (Fsp3) is 0.600. The van der Waals surface area contributed by atoms with E-state index >= 15 is 0 Å². The van der Waals surface area contributed by atoms with Crippen molar-refractivity contribution in [1.82, 2.24) is 10.6 Å². The van der Waals surface area contributed by atoms with Crippen molar-refractivity contribution >= 4 is 0 Å². The third-order valence-corrected chi connectivity index (χ3v) is 3.91. The first-order valence-corrected chi connectivity index (χ1v) is 6.95. The highest BCUT2D eigenvalue weighted by atomic mass is 14.9. The van der Waals surface area contributed by atoms with Crippen molar-refractivity contribution in [2.45, 2.75) is 50.7 Å². The molecule has 1 heterocycles. The molecule has 92 valence electrons. The van der Waals surface area contributed by atoms with Crippen LogP contribution in [0.3, 0.4) is 0 Å². The molecule has 1 saturated carbocycles. The SMILES string of the molecule is c1ccc2c(c1)CNC(CCCNC1CC1)C2. The fourth-order valence-electron chi connectivity index (χ4n) is 2.67. The first-order chi connectivity index (χ1) is 8.42. The summed E-state index contributed by atoms with van der Waals surface area (Å²) in [6.45, 7) is 2.25. The second-order valence-corrected chi connectivity index (χ2v) is 5.42. The summed E-state index contributed by atoms with van der Waals surface area (Å²) in [5.74, 6) is 0. The molecule has 17 heavy (non-hydrogen) atoms. The van der Waals surface area contributed by atoms with E-state index in [0.717, 1.165) is 12.6 Å². The van der Waals surface area contributed by atoms with Crippen molar-refractivity contribution in [2.75, 3.05) is 6.54 Å². The molecule has 2 N–H and O–H groups in total. The third-order valence-electron chi connectivity index (χ3n) is 3.91. The first kappa shape index (κ1) is 11.2.